The Labute approximate surface area is 124 Å². The Hall–Kier alpha value is -0.470. The monoisotopic (exact) mass is 315 g/mol. The van der Waals surface area contributed by atoms with Gasteiger partial charge < -0.3 is 5.32 Å². The van der Waals surface area contributed by atoms with Crippen LogP contribution in [0.3, 0.4) is 0 Å². The third-order valence-electron chi connectivity index (χ3n) is 4.17. The van der Waals surface area contributed by atoms with Gasteiger partial charge in [-0.15, -0.1) is 11.3 Å². The molecule has 0 aromatic carbocycles. The lowest BCUT2D eigenvalue weighted by Crippen LogP contribution is -2.42. The lowest BCUT2D eigenvalue weighted by atomic mass is 10.1. The van der Waals surface area contributed by atoms with Crippen molar-refractivity contribution in [2.75, 3.05) is 20.1 Å². The Morgan fingerprint density at radius 2 is 2.20 bits per heavy atom. The molecule has 2 atom stereocenters. The summed E-state index contributed by atoms with van der Waals surface area (Å²) >= 11 is 1.35. The molecule has 2 unspecified atom stereocenters. The van der Waals surface area contributed by atoms with E-state index in [1.807, 2.05) is 13.1 Å². The van der Waals surface area contributed by atoms with Gasteiger partial charge in [0.25, 0.3) is 0 Å². The summed E-state index contributed by atoms with van der Waals surface area (Å²) in [5.41, 5.74) is 0. The van der Waals surface area contributed by atoms with Crippen molar-refractivity contribution in [2.24, 2.45) is 0 Å². The molecule has 1 aromatic rings. The molecule has 2 N–H and O–H groups in total. The van der Waals surface area contributed by atoms with Crippen LogP contribution in [-0.2, 0) is 16.6 Å². The Balaban J connectivity index is 1.71. The number of hydrogen-bond donors (Lipinski definition) is 2. The number of hydrogen-bond acceptors (Lipinski definition) is 5. The minimum atomic E-state index is -3.37. The zero-order valence-electron chi connectivity index (χ0n) is 11.6. The van der Waals surface area contributed by atoms with Gasteiger partial charge in [0.1, 0.15) is 4.21 Å². The lowest BCUT2D eigenvalue weighted by molar-refractivity contribution is 0.309. The molecule has 0 amide bonds. The second kappa shape index (κ2) is 5.73. The van der Waals surface area contributed by atoms with Crippen molar-refractivity contribution in [3.8, 4) is 0 Å². The molecule has 2 fully saturated rings. The number of rotatable bonds is 5. The van der Waals surface area contributed by atoms with Crippen molar-refractivity contribution in [3.63, 3.8) is 0 Å². The normalized spacial score (nSPS) is 27.1. The molecule has 0 bridgehead atoms. The van der Waals surface area contributed by atoms with Gasteiger partial charge in [-0.25, -0.2) is 13.1 Å². The van der Waals surface area contributed by atoms with E-state index in [0.29, 0.717) is 16.8 Å². The molecule has 2 aliphatic rings. The molecule has 0 saturated carbocycles. The van der Waals surface area contributed by atoms with Gasteiger partial charge in [-0.05, 0) is 45.0 Å². The molecule has 5 nitrogen and oxygen atoms in total. The van der Waals surface area contributed by atoms with Gasteiger partial charge in [-0.2, -0.15) is 0 Å². The Kier molecular flexibility index (Phi) is 4.14. The molecule has 0 radical (unpaired) electrons. The first-order chi connectivity index (χ1) is 9.60. The highest BCUT2D eigenvalue weighted by Gasteiger charge is 2.39. The number of nitrogens with zero attached hydrogens (tertiary/aromatic N) is 1. The maximum atomic E-state index is 12.5. The highest BCUT2D eigenvalue weighted by molar-refractivity contribution is 7.91. The van der Waals surface area contributed by atoms with Gasteiger partial charge in [0, 0.05) is 30.1 Å². The maximum Gasteiger partial charge on any atom is 0.250 e. The summed E-state index contributed by atoms with van der Waals surface area (Å²) in [7, 11) is -1.51. The van der Waals surface area contributed by atoms with E-state index in [4.69, 9.17) is 0 Å². The summed E-state index contributed by atoms with van der Waals surface area (Å²) in [6.45, 7) is 2.85. The molecular weight excluding hydrogens is 294 g/mol. The van der Waals surface area contributed by atoms with Gasteiger partial charge in [-0.1, -0.05) is 0 Å². The Morgan fingerprint density at radius 1 is 1.35 bits per heavy atom. The van der Waals surface area contributed by atoms with Crippen molar-refractivity contribution < 1.29 is 8.42 Å². The summed E-state index contributed by atoms with van der Waals surface area (Å²) in [6, 6.07) is 4.08. The van der Waals surface area contributed by atoms with E-state index in [-0.39, 0.29) is 6.04 Å². The van der Waals surface area contributed by atoms with Crippen LogP contribution >= 0.6 is 11.3 Å². The van der Waals surface area contributed by atoms with Crippen LogP contribution < -0.4 is 10.0 Å². The van der Waals surface area contributed by atoms with Crippen LogP contribution in [0, 0.1) is 0 Å². The minimum absolute atomic E-state index is 0.0809. The molecule has 1 aromatic heterocycles. The van der Waals surface area contributed by atoms with E-state index in [1.54, 1.807) is 6.07 Å². The van der Waals surface area contributed by atoms with Crippen molar-refractivity contribution in [3.05, 3.63) is 17.0 Å². The molecule has 0 spiro atoms. The van der Waals surface area contributed by atoms with Crippen LogP contribution in [0.5, 0.6) is 0 Å². The van der Waals surface area contributed by atoms with Gasteiger partial charge in [-0.3, -0.25) is 4.90 Å². The number of fused-ring (bicyclic) bond motifs is 1. The molecule has 0 aliphatic carbocycles. The first-order valence-electron chi connectivity index (χ1n) is 7.10. The summed E-state index contributed by atoms with van der Waals surface area (Å²) in [6.07, 6.45) is 3.23. The number of sulfonamides is 1. The zero-order chi connectivity index (χ0) is 14.2. The molecule has 3 rings (SSSR count). The van der Waals surface area contributed by atoms with Crippen LogP contribution in [0.1, 0.15) is 24.1 Å². The minimum Gasteiger partial charge on any atom is -0.315 e. The van der Waals surface area contributed by atoms with Crippen molar-refractivity contribution >= 4 is 21.4 Å². The van der Waals surface area contributed by atoms with E-state index in [2.05, 4.69) is 14.9 Å². The molecule has 20 heavy (non-hydrogen) atoms. The van der Waals surface area contributed by atoms with Gasteiger partial charge in [0.05, 0.1) is 0 Å². The molecule has 112 valence electrons. The van der Waals surface area contributed by atoms with E-state index >= 15 is 0 Å². The summed E-state index contributed by atoms with van der Waals surface area (Å²) < 4.78 is 28.3. The zero-order valence-corrected chi connectivity index (χ0v) is 13.3. The standard InChI is InChI=1S/C13H21N3O2S2/c1-14-9-10-4-5-13(19-10)20(17,18)15-11-6-8-16-7-2-3-12(11)16/h4-5,11-12,14-15H,2-3,6-9H2,1H3. The van der Waals surface area contributed by atoms with E-state index < -0.39 is 10.0 Å². The van der Waals surface area contributed by atoms with Crippen LogP contribution in [0.4, 0.5) is 0 Å². The number of thiophene rings is 1. The Bertz CT molecular complexity index is 570. The third-order valence-corrected chi connectivity index (χ3v) is 7.23. The first kappa shape index (κ1) is 14.5. The summed E-state index contributed by atoms with van der Waals surface area (Å²) in [5, 5.41) is 3.04. The van der Waals surface area contributed by atoms with Crippen molar-refractivity contribution in [1.82, 2.24) is 14.9 Å². The fourth-order valence-electron chi connectivity index (χ4n) is 3.25. The molecule has 7 heteroatoms. The first-order valence-corrected chi connectivity index (χ1v) is 9.40. The van der Waals surface area contributed by atoms with Crippen LogP contribution in [-0.4, -0.2) is 45.5 Å². The van der Waals surface area contributed by atoms with Crippen molar-refractivity contribution in [2.45, 2.75) is 42.1 Å². The molecule has 2 aliphatic heterocycles. The predicted molar refractivity (Wildman–Crippen MR) is 80.4 cm³/mol. The highest BCUT2D eigenvalue weighted by Crippen LogP contribution is 2.30. The van der Waals surface area contributed by atoms with Gasteiger partial charge in [0.2, 0.25) is 10.0 Å². The number of nitrogens with one attached hydrogen (secondary N) is 2. The quantitative estimate of drug-likeness (QED) is 0.850. The topological polar surface area (TPSA) is 61.4 Å². The van der Waals surface area contributed by atoms with Crippen LogP contribution in [0.15, 0.2) is 16.3 Å². The predicted octanol–water partition coefficient (Wildman–Crippen LogP) is 0.982. The largest absolute Gasteiger partial charge is 0.315 e. The fourth-order valence-corrected chi connectivity index (χ4v) is 5.94. The average Bonchev–Trinajstić information content (AvgIpc) is 3.07. The smallest absolute Gasteiger partial charge is 0.250 e. The second-order valence-electron chi connectivity index (χ2n) is 5.51. The van der Waals surface area contributed by atoms with E-state index in [0.717, 1.165) is 30.8 Å². The fraction of sp³-hybridized carbons (Fsp3) is 0.692. The second-order valence-corrected chi connectivity index (χ2v) is 8.62. The summed E-state index contributed by atoms with van der Waals surface area (Å²) in [5.74, 6) is 0. The SMILES string of the molecule is CNCc1ccc(S(=O)(=O)NC2CCN3CCCC23)s1. The summed E-state index contributed by atoms with van der Waals surface area (Å²) in [4.78, 5) is 3.45. The van der Waals surface area contributed by atoms with Crippen LogP contribution in [0.2, 0.25) is 0 Å². The van der Waals surface area contributed by atoms with E-state index in [9.17, 15) is 8.42 Å². The van der Waals surface area contributed by atoms with Crippen molar-refractivity contribution in [1.29, 1.82) is 0 Å². The lowest BCUT2D eigenvalue weighted by Gasteiger charge is -2.20. The van der Waals surface area contributed by atoms with E-state index in [1.165, 1.54) is 17.8 Å². The molecule has 3 heterocycles. The molecule has 2 saturated heterocycles. The Morgan fingerprint density at radius 3 is 3.00 bits per heavy atom. The maximum absolute atomic E-state index is 12.5. The molecular formula is C13H21N3O2S2. The average molecular weight is 315 g/mol. The van der Waals surface area contributed by atoms with Gasteiger partial charge in [0.15, 0.2) is 0 Å². The highest BCUT2D eigenvalue weighted by atomic mass is 32.2. The van der Waals surface area contributed by atoms with Crippen LogP contribution in [0.25, 0.3) is 0 Å². The van der Waals surface area contributed by atoms with Gasteiger partial charge >= 0.3 is 0 Å². The third kappa shape index (κ3) is 2.78.